The van der Waals surface area contributed by atoms with Crippen LogP contribution in [0.15, 0.2) is 95.3 Å². The van der Waals surface area contributed by atoms with E-state index in [0.29, 0.717) is 5.84 Å². The lowest BCUT2D eigenvalue weighted by Crippen LogP contribution is -2.19. The number of nitrogens with one attached hydrogen (secondary N) is 1. The number of rotatable bonds is 3. The molecule has 0 saturated carbocycles. The van der Waals surface area contributed by atoms with Gasteiger partial charge in [0.15, 0.2) is 5.84 Å². The molecule has 0 fully saturated rings. The zero-order valence-electron chi connectivity index (χ0n) is 15.8. The Labute approximate surface area is 168 Å². The molecule has 0 bridgehead atoms. The number of benzene rings is 3. The highest BCUT2D eigenvalue weighted by Gasteiger charge is 2.19. The molecular weight excluding hydrogens is 360 g/mol. The van der Waals surface area contributed by atoms with Gasteiger partial charge in [-0.25, -0.2) is 4.99 Å². The molecule has 0 spiro atoms. The van der Waals surface area contributed by atoms with E-state index in [1.807, 2.05) is 48.5 Å². The van der Waals surface area contributed by atoms with Gasteiger partial charge in [0.05, 0.1) is 12.8 Å². The van der Waals surface area contributed by atoms with E-state index in [0.717, 1.165) is 44.6 Å². The van der Waals surface area contributed by atoms with Gasteiger partial charge in [-0.05, 0) is 47.9 Å². The molecule has 0 unspecified atom stereocenters. The highest BCUT2D eigenvalue weighted by Crippen LogP contribution is 2.34. The maximum atomic E-state index is 5.30. The number of nitrogens with zero attached hydrogens (tertiary/aromatic N) is 3. The van der Waals surface area contributed by atoms with Crippen LogP contribution in [0, 0.1) is 0 Å². The van der Waals surface area contributed by atoms with Gasteiger partial charge in [0.1, 0.15) is 11.5 Å². The second-order valence-electron chi connectivity index (χ2n) is 6.68. The lowest BCUT2D eigenvalue weighted by Gasteiger charge is -2.11. The first-order chi connectivity index (χ1) is 14.3. The largest absolute Gasteiger partial charge is 0.497 e. The predicted octanol–water partition coefficient (Wildman–Crippen LogP) is 4.68. The Balaban J connectivity index is 1.74. The quantitative estimate of drug-likeness (QED) is 0.563. The minimum atomic E-state index is 0.688. The fourth-order valence-corrected chi connectivity index (χ4v) is 3.48. The highest BCUT2D eigenvalue weighted by atomic mass is 16.5. The van der Waals surface area contributed by atoms with Crippen LogP contribution < -0.4 is 10.2 Å². The number of pyridine rings is 1. The van der Waals surface area contributed by atoms with Gasteiger partial charge in [-0.15, -0.1) is 0 Å². The molecule has 0 atom stereocenters. The zero-order chi connectivity index (χ0) is 19.6. The van der Waals surface area contributed by atoms with Crippen LogP contribution in [0.4, 0.5) is 5.69 Å². The van der Waals surface area contributed by atoms with Gasteiger partial charge in [0.25, 0.3) is 0 Å². The molecule has 0 amide bonds. The number of ether oxygens (including phenoxy) is 1. The fraction of sp³-hybridized carbons (Fsp3) is 0.0417. The van der Waals surface area contributed by atoms with Crippen LogP contribution >= 0.6 is 0 Å². The molecule has 5 nitrogen and oxygen atoms in total. The molecular formula is C24H18N4O. The molecule has 140 valence electrons. The Morgan fingerprint density at radius 3 is 2.38 bits per heavy atom. The Morgan fingerprint density at radius 1 is 0.793 bits per heavy atom. The summed E-state index contributed by atoms with van der Waals surface area (Å²) in [6.07, 6.45) is 3.51. The first-order valence-corrected chi connectivity index (χ1v) is 9.33. The number of fused-ring (bicyclic) bond motifs is 3. The SMILES string of the molecule is COc1ccc(C2=NNC(c3ccncc3)=Nc3c2ccc2ccccc32)cc1. The molecule has 2 heterocycles. The Kier molecular flexibility index (Phi) is 4.26. The summed E-state index contributed by atoms with van der Waals surface area (Å²) >= 11 is 0. The van der Waals surface area contributed by atoms with Gasteiger partial charge in [-0.1, -0.05) is 30.3 Å². The third-order valence-corrected chi connectivity index (χ3v) is 4.97. The van der Waals surface area contributed by atoms with Crippen molar-refractivity contribution in [1.82, 2.24) is 10.4 Å². The number of hydrogen-bond donors (Lipinski definition) is 1. The summed E-state index contributed by atoms with van der Waals surface area (Å²) in [5, 5.41) is 6.95. The molecule has 5 heteroatoms. The Morgan fingerprint density at radius 2 is 1.59 bits per heavy atom. The van der Waals surface area contributed by atoms with E-state index in [-0.39, 0.29) is 0 Å². The normalized spacial score (nSPS) is 13.0. The smallest absolute Gasteiger partial charge is 0.154 e. The van der Waals surface area contributed by atoms with Crippen molar-refractivity contribution in [2.24, 2.45) is 10.1 Å². The van der Waals surface area contributed by atoms with Crippen LogP contribution in [0.5, 0.6) is 5.75 Å². The van der Waals surface area contributed by atoms with Gasteiger partial charge in [0, 0.05) is 34.5 Å². The number of amidine groups is 1. The summed E-state index contributed by atoms with van der Waals surface area (Å²) in [7, 11) is 1.66. The molecule has 29 heavy (non-hydrogen) atoms. The van der Waals surface area contributed by atoms with Crippen molar-refractivity contribution in [2.75, 3.05) is 7.11 Å². The summed E-state index contributed by atoms with van der Waals surface area (Å²) in [5.74, 6) is 1.50. The third-order valence-electron chi connectivity index (χ3n) is 4.97. The molecule has 3 aromatic carbocycles. The van der Waals surface area contributed by atoms with Crippen molar-refractivity contribution in [3.05, 3.63) is 102 Å². The summed E-state index contributed by atoms with van der Waals surface area (Å²) in [4.78, 5) is 9.09. The van der Waals surface area contributed by atoms with Gasteiger partial charge < -0.3 is 4.74 Å². The van der Waals surface area contributed by atoms with Gasteiger partial charge in [-0.3, -0.25) is 10.4 Å². The molecule has 0 saturated heterocycles. The molecule has 1 N–H and O–H groups in total. The van der Waals surface area contributed by atoms with Crippen molar-refractivity contribution in [3.63, 3.8) is 0 Å². The van der Waals surface area contributed by atoms with Crippen LogP contribution in [0.2, 0.25) is 0 Å². The second-order valence-corrected chi connectivity index (χ2v) is 6.68. The second kappa shape index (κ2) is 7.20. The van der Waals surface area contributed by atoms with E-state index in [1.54, 1.807) is 19.5 Å². The maximum absolute atomic E-state index is 5.30. The summed E-state index contributed by atoms with van der Waals surface area (Å²) in [6.45, 7) is 0. The van der Waals surface area contributed by atoms with Crippen LogP contribution in [0.25, 0.3) is 10.8 Å². The number of methoxy groups -OCH3 is 1. The summed E-state index contributed by atoms with van der Waals surface area (Å²) in [5.41, 5.74) is 7.79. The van der Waals surface area contributed by atoms with E-state index >= 15 is 0 Å². The van der Waals surface area contributed by atoms with Crippen LogP contribution in [-0.2, 0) is 0 Å². The minimum absolute atomic E-state index is 0.688. The number of hydrogen-bond acceptors (Lipinski definition) is 5. The molecule has 1 aliphatic rings. The van der Waals surface area contributed by atoms with Crippen LogP contribution in [0.3, 0.4) is 0 Å². The van der Waals surface area contributed by atoms with Crippen molar-refractivity contribution in [2.45, 2.75) is 0 Å². The fourth-order valence-electron chi connectivity index (χ4n) is 3.48. The summed E-state index contributed by atoms with van der Waals surface area (Å²) in [6, 6.07) is 24.2. The van der Waals surface area contributed by atoms with Gasteiger partial charge in [0.2, 0.25) is 0 Å². The molecule has 4 aromatic rings. The number of aliphatic imine (C=N–C) groups is 1. The molecule has 5 rings (SSSR count). The first-order valence-electron chi connectivity index (χ1n) is 9.33. The van der Waals surface area contributed by atoms with E-state index < -0.39 is 0 Å². The minimum Gasteiger partial charge on any atom is -0.497 e. The topological polar surface area (TPSA) is 58.9 Å². The molecule has 0 radical (unpaired) electrons. The van der Waals surface area contributed by atoms with E-state index in [2.05, 4.69) is 34.7 Å². The monoisotopic (exact) mass is 378 g/mol. The van der Waals surface area contributed by atoms with Crippen molar-refractivity contribution < 1.29 is 4.74 Å². The molecule has 1 aromatic heterocycles. The molecule has 1 aliphatic heterocycles. The maximum Gasteiger partial charge on any atom is 0.154 e. The average molecular weight is 378 g/mol. The van der Waals surface area contributed by atoms with Crippen LogP contribution in [-0.4, -0.2) is 23.6 Å². The Hall–Kier alpha value is -3.99. The van der Waals surface area contributed by atoms with Crippen LogP contribution in [0.1, 0.15) is 16.7 Å². The predicted molar refractivity (Wildman–Crippen MR) is 116 cm³/mol. The first kappa shape index (κ1) is 17.1. The average Bonchev–Trinajstić information content (AvgIpc) is 3.00. The van der Waals surface area contributed by atoms with Crippen molar-refractivity contribution in [1.29, 1.82) is 0 Å². The van der Waals surface area contributed by atoms with Gasteiger partial charge >= 0.3 is 0 Å². The third kappa shape index (κ3) is 3.12. The summed E-state index contributed by atoms with van der Waals surface area (Å²) < 4.78 is 5.30. The van der Waals surface area contributed by atoms with Crippen molar-refractivity contribution >= 4 is 28.0 Å². The zero-order valence-corrected chi connectivity index (χ0v) is 15.8. The van der Waals surface area contributed by atoms with Crippen molar-refractivity contribution in [3.8, 4) is 5.75 Å². The van der Waals surface area contributed by atoms with E-state index in [4.69, 9.17) is 14.8 Å². The van der Waals surface area contributed by atoms with Gasteiger partial charge in [-0.2, -0.15) is 5.10 Å². The molecule has 0 aliphatic carbocycles. The van der Waals surface area contributed by atoms with E-state index in [1.165, 1.54) is 0 Å². The standard InChI is InChI=1S/C24H18N4O/c1-29-19-9-6-17(7-10-19)22-21-11-8-16-4-2-3-5-20(16)23(21)26-24(28-27-22)18-12-14-25-15-13-18/h2-15H,1H3,(H,26,28). The number of hydrazone groups is 1. The van der Waals surface area contributed by atoms with E-state index in [9.17, 15) is 0 Å². The number of aromatic nitrogens is 1. The highest BCUT2D eigenvalue weighted by molar-refractivity contribution is 6.21. The lowest BCUT2D eigenvalue weighted by molar-refractivity contribution is 0.415. The Bertz CT molecular complexity index is 1250. The lowest BCUT2D eigenvalue weighted by atomic mass is 9.97.